The van der Waals surface area contributed by atoms with Gasteiger partial charge in [0, 0.05) is 13.0 Å². The summed E-state index contributed by atoms with van der Waals surface area (Å²) in [5, 5.41) is 3.39. The van der Waals surface area contributed by atoms with Crippen LogP contribution in [-0.4, -0.2) is 36.5 Å². The van der Waals surface area contributed by atoms with Gasteiger partial charge >= 0.3 is 0 Å². The summed E-state index contributed by atoms with van der Waals surface area (Å²) in [7, 11) is 0. The fourth-order valence-corrected chi connectivity index (χ4v) is 2.89. The zero-order valence-corrected chi connectivity index (χ0v) is 11.0. The first-order valence-corrected chi connectivity index (χ1v) is 6.45. The molecule has 0 aromatic rings. The van der Waals surface area contributed by atoms with E-state index in [1.807, 2.05) is 0 Å². The van der Waals surface area contributed by atoms with E-state index < -0.39 is 0 Å². The van der Waals surface area contributed by atoms with E-state index in [1.165, 1.54) is 12.8 Å². The van der Waals surface area contributed by atoms with Gasteiger partial charge in [-0.15, -0.1) is 0 Å². The Morgan fingerprint density at radius 3 is 2.50 bits per heavy atom. The highest BCUT2D eigenvalue weighted by Gasteiger charge is 2.47. The predicted molar refractivity (Wildman–Crippen MR) is 64.6 cm³/mol. The van der Waals surface area contributed by atoms with Crippen molar-refractivity contribution < 1.29 is 9.47 Å². The molecule has 0 aliphatic carbocycles. The minimum atomic E-state index is -0.152. The van der Waals surface area contributed by atoms with E-state index >= 15 is 0 Å². The lowest BCUT2D eigenvalue weighted by molar-refractivity contribution is -0.120. The van der Waals surface area contributed by atoms with Crippen LogP contribution in [0.5, 0.6) is 0 Å². The lowest BCUT2D eigenvalue weighted by Crippen LogP contribution is -2.42. The quantitative estimate of drug-likeness (QED) is 0.783. The van der Waals surface area contributed by atoms with Crippen LogP contribution in [0.1, 0.15) is 47.0 Å². The molecular weight excluding hydrogens is 202 g/mol. The Morgan fingerprint density at radius 2 is 2.00 bits per heavy atom. The molecule has 2 aliphatic heterocycles. The van der Waals surface area contributed by atoms with Gasteiger partial charge in [-0.1, -0.05) is 0 Å². The van der Waals surface area contributed by atoms with Crippen molar-refractivity contribution in [1.29, 1.82) is 0 Å². The highest BCUT2D eigenvalue weighted by Crippen LogP contribution is 2.39. The molecule has 3 nitrogen and oxygen atoms in total. The summed E-state index contributed by atoms with van der Waals surface area (Å²) in [5.74, 6) is 0. The molecule has 0 aromatic carbocycles. The number of nitrogens with one attached hydrogen (secondary N) is 1. The third kappa shape index (κ3) is 2.76. The first-order chi connectivity index (χ1) is 7.39. The van der Waals surface area contributed by atoms with Gasteiger partial charge in [-0.25, -0.2) is 0 Å². The second-order valence-corrected chi connectivity index (χ2v) is 6.26. The number of rotatable bonds is 2. The van der Waals surface area contributed by atoms with Crippen molar-refractivity contribution in [2.75, 3.05) is 13.1 Å². The molecule has 1 N–H and O–H groups in total. The minimum absolute atomic E-state index is 0.0454. The van der Waals surface area contributed by atoms with Crippen LogP contribution in [0.25, 0.3) is 0 Å². The average Bonchev–Trinajstić information content (AvgIpc) is 2.36. The Balaban J connectivity index is 1.93. The van der Waals surface area contributed by atoms with Gasteiger partial charge in [0.05, 0.1) is 23.4 Å². The van der Waals surface area contributed by atoms with Crippen LogP contribution in [0.15, 0.2) is 0 Å². The highest BCUT2D eigenvalue weighted by molar-refractivity contribution is 4.96. The van der Waals surface area contributed by atoms with Gasteiger partial charge in [-0.05, 0) is 47.1 Å². The number of ether oxygens (including phenoxy) is 2. The van der Waals surface area contributed by atoms with Gasteiger partial charge < -0.3 is 14.8 Å². The second-order valence-electron chi connectivity index (χ2n) is 6.26. The molecule has 0 radical (unpaired) electrons. The molecular formula is C13H25NO2. The summed E-state index contributed by atoms with van der Waals surface area (Å²) < 4.78 is 12.3. The third-order valence-corrected chi connectivity index (χ3v) is 3.60. The van der Waals surface area contributed by atoms with Crippen molar-refractivity contribution in [2.24, 2.45) is 0 Å². The summed E-state index contributed by atoms with van der Waals surface area (Å²) in [5.41, 5.74) is -0.197. The van der Waals surface area contributed by atoms with Gasteiger partial charge in [0.1, 0.15) is 0 Å². The number of hydrogen-bond donors (Lipinski definition) is 1. The van der Waals surface area contributed by atoms with Crippen LogP contribution in [0.4, 0.5) is 0 Å². The summed E-state index contributed by atoms with van der Waals surface area (Å²) in [6.45, 7) is 10.7. The van der Waals surface area contributed by atoms with E-state index in [0.29, 0.717) is 6.10 Å². The van der Waals surface area contributed by atoms with E-state index in [9.17, 15) is 0 Å². The van der Waals surface area contributed by atoms with Gasteiger partial charge in [0.15, 0.2) is 0 Å². The van der Waals surface area contributed by atoms with E-state index in [4.69, 9.17) is 9.47 Å². The molecule has 0 spiro atoms. The predicted octanol–water partition coefficient (Wildman–Crippen LogP) is 2.10. The third-order valence-electron chi connectivity index (χ3n) is 3.60. The summed E-state index contributed by atoms with van der Waals surface area (Å²) in [6, 6.07) is 0. The van der Waals surface area contributed by atoms with Crippen LogP contribution >= 0.6 is 0 Å². The van der Waals surface area contributed by atoms with E-state index in [1.54, 1.807) is 0 Å². The Kier molecular flexibility index (Phi) is 3.30. The maximum Gasteiger partial charge on any atom is 0.0895 e. The fourth-order valence-electron chi connectivity index (χ4n) is 2.89. The first kappa shape index (κ1) is 12.3. The zero-order chi connectivity index (χ0) is 11.8. The molecule has 2 saturated heterocycles. The fraction of sp³-hybridized carbons (Fsp3) is 1.00. The number of hydrogen-bond acceptors (Lipinski definition) is 3. The Hall–Kier alpha value is -0.120. The molecule has 2 heterocycles. The molecule has 2 rings (SSSR count). The van der Waals surface area contributed by atoms with Gasteiger partial charge in [0.25, 0.3) is 0 Å². The van der Waals surface area contributed by atoms with Crippen LogP contribution < -0.4 is 5.32 Å². The van der Waals surface area contributed by atoms with Crippen LogP contribution in [0.3, 0.4) is 0 Å². The van der Waals surface area contributed by atoms with Crippen molar-refractivity contribution in [3.63, 3.8) is 0 Å². The topological polar surface area (TPSA) is 30.5 Å². The van der Waals surface area contributed by atoms with Gasteiger partial charge in [-0.3, -0.25) is 0 Å². The minimum Gasteiger partial charge on any atom is -0.371 e. The van der Waals surface area contributed by atoms with E-state index in [0.717, 1.165) is 19.5 Å². The molecule has 16 heavy (non-hydrogen) atoms. The van der Waals surface area contributed by atoms with Gasteiger partial charge in [0.2, 0.25) is 0 Å². The molecule has 0 amide bonds. The molecule has 2 fully saturated rings. The lowest BCUT2D eigenvalue weighted by atomic mass is 9.96. The van der Waals surface area contributed by atoms with Crippen LogP contribution in [-0.2, 0) is 9.47 Å². The zero-order valence-electron chi connectivity index (χ0n) is 11.0. The standard InChI is InChI=1S/C13H25NO2/c1-12(2)8-11(13(3,4)16-12)15-10-6-5-7-14-9-10/h10-11,14H,5-9H2,1-4H3/t10-,11?/m0/s1. The smallest absolute Gasteiger partial charge is 0.0895 e. The molecule has 0 bridgehead atoms. The van der Waals surface area contributed by atoms with Crippen LogP contribution in [0.2, 0.25) is 0 Å². The average molecular weight is 227 g/mol. The molecule has 1 unspecified atom stereocenters. The molecule has 0 saturated carbocycles. The Labute approximate surface area is 98.9 Å². The summed E-state index contributed by atoms with van der Waals surface area (Å²) in [6.07, 6.45) is 4.00. The van der Waals surface area contributed by atoms with Crippen molar-refractivity contribution in [3.8, 4) is 0 Å². The Morgan fingerprint density at radius 1 is 1.25 bits per heavy atom. The second kappa shape index (κ2) is 4.28. The van der Waals surface area contributed by atoms with Crippen molar-refractivity contribution in [3.05, 3.63) is 0 Å². The van der Waals surface area contributed by atoms with Gasteiger partial charge in [-0.2, -0.15) is 0 Å². The molecule has 2 atom stereocenters. The normalized spacial score (nSPS) is 37.5. The largest absolute Gasteiger partial charge is 0.371 e. The lowest BCUT2D eigenvalue weighted by Gasteiger charge is -2.32. The number of piperidine rings is 1. The molecule has 0 aromatic heterocycles. The van der Waals surface area contributed by atoms with E-state index in [-0.39, 0.29) is 17.3 Å². The highest BCUT2D eigenvalue weighted by atomic mass is 16.6. The maximum atomic E-state index is 6.22. The first-order valence-electron chi connectivity index (χ1n) is 6.45. The molecule has 3 heteroatoms. The van der Waals surface area contributed by atoms with Crippen LogP contribution in [0, 0.1) is 0 Å². The maximum absolute atomic E-state index is 6.22. The van der Waals surface area contributed by atoms with E-state index in [2.05, 4.69) is 33.0 Å². The molecule has 2 aliphatic rings. The monoisotopic (exact) mass is 227 g/mol. The summed E-state index contributed by atoms with van der Waals surface area (Å²) in [4.78, 5) is 0. The van der Waals surface area contributed by atoms with Crippen molar-refractivity contribution in [1.82, 2.24) is 5.32 Å². The summed E-state index contributed by atoms with van der Waals surface area (Å²) >= 11 is 0. The molecule has 94 valence electrons. The Bertz CT molecular complexity index is 244. The SMILES string of the molecule is CC1(C)CC(O[C@H]2CCCNC2)C(C)(C)O1. The van der Waals surface area contributed by atoms with Crippen molar-refractivity contribution in [2.45, 2.75) is 70.4 Å². The van der Waals surface area contributed by atoms with Crippen molar-refractivity contribution >= 4 is 0 Å².